The van der Waals surface area contributed by atoms with E-state index in [0.717, 1.165) is 5.70 Å². The van der Waals surface area contributed by atoms with Crippen molar-refractivity contribution in [3.8, 4) is 0 Å². The molecule has 0 aromatic rings. The third kappa shape index (κ3) is 2.57. The Labute approximate surface area is 69.9 Å². The van der Waals surface area contributed by atoms with Crippen molar-refractivity contribution < 1.29 is 0 Å². The van der Waals surface area contributed by atoms with Crippen LogP contribution in [-0.4, -0.2) is 5.54 Å². The highest BCUT2D eigenvalue weighted by atomic mass is 15.0. The molecule has 0 saturated heterocycles. The summed E-state index contributed by atoms with van der Waals surface area (Å²) < 4.78 is 0. The predicted molar refractivity (Wildman–Crippen MR) is 49.4 cm³/mol. The van der Waals surface area contributed by atoms with Gasteiger partial charge in [0.2, 0.25) is 0 Å². The molecule has 1 aliphatic carbocycles. The molecule has 64 valence electrons. The van der Waals surface area contributed by atoms with Crippen molar-refractivity contribution in [2.45, 2.75) is 51.5 Å². The number of rotatable bonds is 2. The van der Waals surface area contributed by atoms with Crippen LogP contribution in [-0.2, 0) is 0 Å². The average Bonchev–Trinajstić information content (AvgIpc) is 1.85. The molecule has 0 bridgehead atoms. The Morgan fingerprint density at radius 3 is 2.27 bits per heavy atom. The first kappa shape index (κ1) is 8.63. The minimum absolute atomic E-state index is 0.351. The summed E-state index contributed by atoms with van der Waals surface area (Å²) in [5.74, 6) is 0. The second kappa shape index (κ2) is 3.29. The van der Waals surface area contributed by atoms with E-state index in [2.05, 4.69) is 18.8 Å². The zero-order valence-electron chi connectivity index (χ0n) is 7.74. The van der Waals surface area contributed by atoms with E-state index in [-0.39, 0.29) is 0 Å². The van der Waals surface area contributed by atoms with Crippen molar-refractivity contribution >= 4 is 0 Å². The molecular formula is C10H19N. The predicted octanol–water partition coefficient (Wildman–Crippen LogP) is 2.83. The Hall–Kier alpha value is -0.460. The summed E-state index contributed by atoms with van der Waals surface area (Å²) in [6.07, 6.45) is 6.76. The molecule has 0 unspecified atom stereocenters. The minimum atomic E-state index is 0.351. The van der Waals surface area contributed by atoms with Crippen molar-refractivity contribution in [1.29, 1.82) is 0 Å². The van der Waals surface area contributed by atoms with E-state index in [1.165, 1.54) is 32.1 Å². The molecule has 0 spiro atoms. The van der Waals surface area contributed by atoms with Crippen LogP contribution < -0.4 is 5.32 Å². The standard InChI is InChI=1S/C10H19N/c1-9(2)11-10(3)7-5-4-6-8-10/h11H,1,4-8H2,2-3H3. The molecule has 0 aliphatic heterocycles. The highest BCUT2D eigenvalue weighted by Crippen LogP contribution is 2.27. The van der Waals surface area contributed by atoms with E-state index >= 15 is 0 Å². The van der Waals surface area contributed by atoms with Gasteiger partial charge < -0.3 is 5.32 Å². The van der Waals surface area contributed by atoms with Crippen molar-refractivity contribution in [2.24, 2.45) is 0 Å². The molecule has 0 heterocycles. The topological polar surface area (TPSA) is 12.0 Å². The lowest BCUT2D eigenvalue weighted by atomic mass is 9.83. The number of hydrogen-bond donors (Lipinski definition) is 1. The zero-order chi connectivity index (χ0) is 8.32. The Kier molecular flexibility index (Phi) is 2.58. The summed E-state index contributed by atoms with van der Waals surface area (Å²) in [7, 11) is 0. The van der Waals surface area contributed by atoms with E-state index in [9.17, 15) is 0 Å². The maximum Gasteiger partial charge on any atom is 0.0342 e. The molecule has 1 N–H and O–H groups in total. The fourth-order valence-corrected chi connectivity index (χ4v) is 1.97. The minimum Gasteiger partial charge on any atom is -0.384 e. The molecule has 0 radical (unpaired) electrons. The van der Waals surface area contributed by atoms with Crippen LogP contribution in [0.2, 0.25) is 0 Å². The Balaban J connectivity index is 2.43. The molecule has 1 rings (SSSR count). The molecule has 0 atom stereocenters. The largest absolute Gasteiger partial charge is 0.384 e. The molecule has 1 saturated carbocycles. The quantitative estimate of drug-likeness (QED) is 0.643. The lowest BCUT2D eigenvalue weighted by molar-refractivity contribution is 0.275. The van der Waals surface area contributed by atoms with E-state index in [1.807, 2.05) is 6.92 Å². The fraction of sp³-hybridized carbons (Fsp3) is 0.800. The van der Waals surface area contributed by atoms with Gasteiger partial charge in [0.15, 0.2) is 0 Å². The van der Waals surface area contributed by atoms with Crippen LogP contribution in [0.3, 0.4) is 0 Å². The van der Waals surface area contributed by atoms with Gasteiger partial charge in [-0.1, -0.05) is 25.8 Å². The van der Waals surface area contributed by atoms with Crippen LogP contribution in [0.4, 0.5) is 0 Å². The first-order valence-electron chi connectivity index (χ1n) is 4.56. The molecule has 0 aromatic carbocycles. The normalized spacial score (nSPS) is 22.7. The van der Waals surface area contributed by atoms with Crippen LogP contribution in [0, 0.1) is 0 Å². The lowest BCUT2D eigenvalue weighted by Crippen LogP contribution is -2.42. The molecule has 11 heavy (non-hydrogen) atoms. The average molecular weight is 153 g/mol. The van der Waals surface area contributed by atoms with Gasteiger partial charge in [0.05, 0.1) is 0 Å². The number of hydrogen-bond acceptors (Lipinski definition) is 1. The van der Waals surface area contributed by atoms with E-state index in [1.54, 1.807) is 0 Å². The van der Waals surface area contributed by atoms with Crippen molar-refractivity contribution in [1.82, 2.24) is 5.32 Å². The van der Waals surface area contributed by atoms with Crippen LogP contribution >= 0.6 is 0 Å². The Morgan fingerprint density at radius 1 is 1.27 bits per heavy atom. The molecular weight excluding hydrogens is 134 g/mol. The Morgan fingerprint density at radius 2 is 1.82 bits per heavy atom. The highest BCUT2D eigenvalue weighted by molar-refractivity contribution is 4.97. The maximum absolute atomic E-state index is 3.88. The molecule has 1 fully saturated rings. The van der Waals surface area contributed by atoms with Crippen LogP contribution in [0.5, 0.6) is 0 Å². The number of nitrogens with one attached hydrogen (secondary N) is 1. The molecule has 1 heteroatoms. The van der Waals surface area contributed by atoms with Gasteiger partial charge in [-0.3, -0.25) is 0 Å². The second-order valence-corrected chi connectivity index (χ2v) is 4.03. The monoisotopic (exact) mass is 153 g/mol. The smallest absolute Gasteiger partial charge is 0.0342 e. The summed E-state index contributed by atoms with van der Waals surface area (Å²) in [5.41, 5.74) is 1.46. The van der Waals surface area contributed by atoms with E-state index < -0.39 is 0 Å². The zero-order valence-corrected chi connectivity index (χ0v) is 7.74. The summed E-state index contributed by atoms with van der Waals surface area (Å²) in [6.45, 7) is 8.23. The van der Waals surface area contributed by atoms with Gasteiger partial charge in [0.1, 0.15) is 0 Å². The van der Waals surface area contributed by atoms with Gasteiger partial charge in [0, 0.05) is 11.2 Å². The maximum atomic E-state index is 3.88. The van der Waals surface area contributed by atoms with Gasteiger partial charge in [0.25, 0.3) is 0 Å². The summed E-state index contributed by atoms with van der Waals surface area (Å²) in [6, 6.07) is 0. The highest BCUT2D eigenvalue weighted by Gasteiger charge is 2.25. The molecule has 0 amide bonds. The number of allylic oxidation sites excluding steroid dienone is 1. The van der Waals surface area contributed by atoms with E-state index in [0.29, 0.717) is 5.54 Å². The SMILES string of the molecule is C=C(C)NC1(C)CCCCC1. The van der Waals surface area contributed by atoms with Gasteiger partial charge in [-0.25, -0.2) is 0 Å². The first-order chi connectivity index (χ1) is 5.12. The molecule has 0 aromatic heterocycles. The van der Waals surface area contributed by atoms with Crippen LogP contribution in [0.1, 0.15) is 46.0 Å². The lowest BCUT2D eigenvalue weighted by Gasteiger charge is -2.35. The second-order valence-electron chi connectivity index (χ2n) is 4.03. The summed E-state index contributed by atoms with van der Waals surface area (Å²) in [5, 5.41) is 3.46. The Bertz CT molecular complexity index is 143. The molecule has 1 aliphatic rings. The summed E-state index contributed by atoms with van der Waals surface area (Å²) in [4.78, 5) is 0. The van der Waals surface area contributed by atoms with E-state index in [4.69, 9.17) is 0 Å². The van der Waals surface area contributed by atoms with Gasteiger partial charge >= 0.3 is 0 Å². The fourth-order valence-electron chi connectivity index (χ4n) is 1.97. The van der Waals surface area contributed by atoms with Gasteiger partial charge in [-0.05, 0) is 26.7 Å². The van der Waals surface area contributed by atoms with Crippen LogP contribution in [0.25, 0.3) is 0 Å². The molecule has 1 nitrogen and oxygen atoms in total. The van der Waals surface area contributed by atoms with Crippen molar-refractivity contribution in [3.63, 3.8) is 0 Å². The third-order valence-electron chi connectivity index (χ3n) is 2.47. The van der Waals surface area contributed by atoms with Crippen molar-refractivity contribution in [2.75, 3.05) is 0 Å². The first-order valence-corrected chi connectivity index (χ1v) is 4.56. The van der Waals surface area contributed by atoms with Crippen LogP contribution in [0.15, 0.2) is 12.3 Å². The van der Waals surface area contributed by atoms with Gasteiger partial charge in [-0.2, -0.15) is 0 Å². The van der Waals surface area contributed by atoms with Gasteiger partial charge in [-0.15, -0.1) is 0 Å². The van der Waals surface area contributed by atoms with Crippen molar-refractivity contribution in [3.05, 3.63) is 12.3 Å². The summed E-state index contributed by atoms with van der Waals surface area (Å²) >= 11 is 0. The third-order valence-corrected chi connectivity index (χ3v) is 2.47.